The maximum atomic E-state index is 13.1. The lowest BCUT2D eigenvalue weighted by Gasteiger charge is -2.37. The SMILES string of the molecule is CCN(CC)S(=O)(=O)N1CCCC[C@@H]1c1nc2c(c(NC)n1)CNCC2. The van der Waals surface area contributed by atoms with Crippen molar-refractivity contribution in [3.63, 3.8) is 0 Å². The second-order valence-corrected chi connectivity index (χ2v) is 8.63. The third-order valence-corrected chi connectivity index (χ3v) is 7.47. The maximum Gasteiger partial charge on any atom is 0.282 e. The summed E-state index contributed by atoms with van der Waals surface area (Å²) >= 11 is 0. The van der Waals surface area contributed by atoms with Gasteiger partial charge in [-0.3, -0.25) is 0 Å². The van der Waals surface area contributed by atoms with Crippen molar-refractivity contribution in [3.05, 3.63) is 17.1 Å². The highest BCUT2D eigenvalue weighted by atomic mass is 32.2. The van der Waals surface area contributed by atoms with Crippen LogP contribution in [0.25, 0.3) is 0 Å². The lowest BCUT2D eigenvalue weighted by atomic mass is 10.0. The Kier molecular flexibility index (Phi) is 6.11. The molecule has 9 heteroatoms. The van der Waals surface area contributed by atoms with E-state index in [1.165, 1.54) is 4.31 Å². The molecule has 8 nitrogen and oxygen atoms in total. The highest BCUT2D eigenvalue weighted by molar-refractivity contribution is 7.86. The summed E-state index contributed by atoms with van der Waals surface area (Å²) in [5.74, 6) is 1.44. The number of nitrogens with one attached hydrogen (secondary N) is 2. The van der Waals surface area contributed by atoms with Crippen LogP contribution < -0.4 is 10.6 Å². The van der Waals surface area contributed by atoms with Crippen LogP contribution in [0.2, 0.25) is 0 Å². The van der Waals surface area contributed by atoms with Crippen molar-refractivity contribution in [3.8, 4) is 0 Å². The van der Waals surface area contributed by atoms with E-state index in [1.807, 2.05) is 20.9 Å². The minimum absolute atomic E-state index is 0.290. The molecule has 1 aromatic rings. The molecule has 0 unspecified atom stereocenters. The van der Waals surface area contributed by atoms with Crippen LogP contribution in [-0.4, -0.2) is 60.2 Å². The largest absolute Gasteiger partial charge is 0.373 e. The number of hydrogen-bond donors (Lipinski definition) is 2. The van der Waals surface area contributed by atoms with E-state index in [1.54, 1.807) is 4.31 Å². The molecule has 0 aliphatic carbocycles. The Labute approximate surface area is 156 Å². The molecule has 1 atom stereocenters. The van der Waals surface area contributed by atoms with E-state index in [0.29, 0.717) is 25.5 Å². The fourth-order valence-corrected chi connectivity index (χ4v) is 5.69. The van der Waals surface area contributed by atoms with Gasteiger partial charge in [-0.25, -0.2) is 9.97 Å². The lowest BCUT2D eigenvalue weighted by Crippen LogP contribution is -2.47. The molecular weight excluding hydrogens is 352 g/mol. The first-order chi connectivity index (χ1) is 12.5. The standard InChI is InChI=1S/C17H30N6O2S/c1-4-22(5-2)26(24,25)23-11-7-6-8-15(23)17-20-14-9-10-19-12-13(14)16(18-3)21-17/h15,19H,4-12H2,1-3H3,(H,18,20,21)/t15-/m1/s1. The van der Waals surface area contributed by atoms with Crippen molar-refractivity contribution in [1.29, 1.82) is 0 Å². The Bertz CT molecular complexity index is 718. The molecule has 0 amide bonds. The Balaban J connectivity index is 2.00. The molecule has 3 rings (SSSR count). The Morgan fingerprint density at radius 2 is 2.04 bits per heavy atom. The maximum absolute atomic E-state index is 13.1. The molecule has 2 aliphatic rings. The first kappa shape index (κ1) is 19.5. The summed E-state index contributed by atoms with van der Waals surface area (Å²) in [6, 6.07) is -0.290. The molecule has 146 valence electrons. The van der Waals surface area contributed by atoms with Crippen molar-refractivity contribution in [2.45, 2.75) is 52.1 Å². The second-order valence-electron chi connectivity index (χ2n) is 6.75. The van der Waals surface area contributed by atoms with Gasteiger partial charge in [0, 0.05) is 51.8 Å². The fraction of sp³-hybridized carbons (Fsp3) is 0.765. The number of anilines is 1. The van der Waals surface area contributed by atoms with Crippen LogP contribution in [0.5, 0.6) is 0 Å². The Morgan fingerprint density at radius 3 is 2.73 bits per heavy atom. The highest BCUT2D eigenvalue weighted by Gasteiger charge is 2.38. The molecule has 26 heavy (non-hydrogen) atoms. The van der Waals surface area contributed by atoms with Gasteiger partial charge in [0.1, 0.15) is 11.6 Å². The van der Waals surface area contributed by atoms with E-state index < -0.39 is 10.2 Å². The molecule has 3 heterocycles. The molecule has 1 fully saturated rings. The number of fused-ring (bicyclic) bond motifs is 1. The summed E-state index contributed by atoms with van der Waals surface area (Å²) in [5.41, 5.74) is 2.13. The van der Waals surface area contributed by atoms with Crippen LogP contribution in [0.15, 0.2) is 0 Å². The topological polar surface area (TPSA) is 90.5 Å². The molecule has 2 N–H and O–H groups in total. The van der Waals surface area contributed by atoms with E-state index in [2.05, 4.69) is 10.6 Å². The monoisotopic (exact) mass is 382 g/mol. The van der Waals surface area contributed by atoms with Crippen LogP contribution in [0.1, 0.15) is 56.2 Å². The number of piperidine rings is 1. The molecule has 0 radical (unpaired) electrons. The van der Waals surface area contributed by atoms with Crippen LogP contribution >= 0.6 is 0 Å². The quantitative estimate of drug-likeness (QED) is 0.770. The Hall–Kier alpha value is -1.29. The van der Waals surface area contributed by atoms with E-state index in [9.17, 15) is 8.42 Å². The normalized spacial score (nSPS) is 21.6. The number of hydrogen-bond acceptors (Lipinski definition) is 6. The molecular formula is C17H30N6O2S. The van der Waals surface area contributed by atoms with Crippen LogP contribution in [0, 0.1) is 0 Å². The molecule has 1 saturated heterocycles. The van der Waals surface area contributed by atoms with Gasteiger partial charge in [-0.15, -0.1) is 0 Å². The molecule has 2 aliphatic heterocycles. The smallest absolute Gasteiger partial charge is 0.282 e. The van der Waals surface area contributed by atoms with Crippen molar-refractivity contribution in [2.24, 2.45) is 0 Å². The average Bonchev–Trinajstić information content (AvgIpc) is 2.67. The van der Waals surface area contributed by atoms with E-state index in [4.69, 9.17) is 9.97 Å². The second kappa shape index (κ2) is 8.16. The molecule has 0 aromatic carbocycles. The van der Waals surface area contributed by atoms with Gasteiger partial charge in [0.2, 0.25) is 0 Å². The highest BCUT2D eigenvalue weighted by Crippen LogP contribution is 2.34. The molecule has 0 spiro atoms. The van der Waals surface area contributed by atoms with Crippen molar-refractivity contribution in [2.75, 3.05) is 38.5 Å². The fourth-order valence-electron chi connectivity index (χ4n) is 3.86. The van der Waals surface area contributed by atoms with E-state index in [0.717, 1.165) is 55.8 Å². The predicted molar refractivity (Wildman–Crippen MR) is 102 cm³/mol. The summed E-state index contributed by atoms with van der Waals surface area (Å²) in [5, 5.41) is 6.51. The zero-order valence-electron chi connectivity index (χ0n) is 16.0. The summed E-state index contributed by atoms with van der Waals surface area (Å²) in [7, 11) is -1.66. The third-order valence-electron chi connectivity index (χ3n) is 5.27. The van der Waals surface area contributed by atoms with Crippen molar-refractivity contribution >= 4 is 16.0 Å². The van der Waals surface area contributed by atoms with Gasteiger partial charge in [0.15, 0.2) is 0 Å². The zero-order valence-corrected chi connectivity index (χ0v) is 16.8. The number of nitrogens with zero attached hydrogens (tertiary/aromatic N) is 4. The summed E-state index contributed by atoms with van der Waals surface area (Å²) < 4.78 is 29.4. The molecule has 1 aromatic heterocycles. The van der Waals surface area contributed by atoms with Gasteiger partial charge < -0.3 is 10.6 Å². The van der Waals surface area contributed by atoms with Gasteiger partial charge in [-0.05, 0) is 12.8 Å². The first-order valence-corrected chi connectivity index (χ1v) is 11.0. The summed E-state index contributed by atoms with van der Waals surface area (Å²) in [6.45, 7) is 6.86. The first-order valence-electron chi connectivity index (χ1n) is 9.58. The zero-order chi connectivity index (χ0) is 18.7. The van der Waals surface area contributed by atoms with Gasteiger partial charge in [0.05, 0.1) is 11.7 Å². The Morgan fingerprint density at radius 1 is 1.27 bits per heavy atom. The van der Waals surface area contributed by atoms with Gasteiger partial charge in [-0.1, -0.05) is 20.3 Å². The minimum Gasteiger partial charge on any atom is -0.373 e. The molecule has 0 saturated carbocycles. The van der Waals surface area contributed by atoms with Crippen molar-refractivity contribution in [1.82, 2.24) is 23.9 Å². The number of rotatable bonds is 6. The average molecular weight is 383 g/mol. The van der Waals surface area contributed by atoms with E-state index >= 15 is 0 Å². The summed E-state index contributed by atoms with van der Waals surface area (Å²) in [6.07, 6.45) is 3.48. The minimum atomic E-state index is -3.51. The summed E-state index contributed by atoms with van der Waals surface area (Å²) in [4.78, 5) is 9.52. The molecule has 0 bridgehead atoms. The third kappa shape index (κ3) is 3.58. The van der Waals surface area contributed by atoms with Crippen molar-refractivity contribution < 1.29 is 8.42 Å². The van der Waals surface area contributed by atoms with Gasteiger partial charge in [-0.2, -0.15) is 17.0 Å². The lowest BCUT2D eigenvalue weighted by molar-refractivity contribution is 0.227. The number of aromatic nitrogens is 2. The van der Waals surface area contributed by atoms with E-state index in [-0.39, 0.29) is 6.04 Å². The van der Waals surface area contributed by atoms with Gasteiger partial charge in [0.25, 0.3) is 10.2 Å². The van der Waals surface area contributed by atoms with Gasteiger partial charge >= 0.3 is 0 Å². The van der Waals surface area contributed by atoms with Crippen LogP contribution in [-0.2, 0) is 23.2 Å². The van der Waals surface area contributed by atoms with Crippen LogP contribution in [0.4, 0.5) is 5.82 Å². The van der Waals surface area contributed by atoms with Crippen LogP contribution in [0.3, 0.4) is 0 Å². The predicted octanol–water partition coefficient (Wildman–Crippen LogP) is 1.28.